The first kappa shape index (κ1) is 35.6. The van der Waals surface area contributed by atoms with Crippen LogP contribution in [0.1, 0.15) is 19.4 Å². The van der Waals surface area contributed by atoms with Crippen LogP contribution < -0.4 is 0 Å². The van der Waals surface area contributed by atoms with Crippen molar-refractivity contribution in [3.8, 4) is 0 Å². The van der Waals surface area contributed by atoms with Crippen molar-refractivity contribution in [3.05, 3.63) is 72.3 Å². The number of rotatable bonds is 2. The molecular formula is C20H29Cl5O4. The van der Waals surface area contributed by atoms with Crippen molar-refractivity contribution < 1.29 is 19.7 Å². The van der Waals surface area contributed by atoms with Crippen molar-refractivity contribution in [2.24, 2.45) is 0 Å². The van der Waals surface area contributed by atoms with E-state index in [2.05, 4.69) is 19.1 Å². The highest BCUT2D eigenvalue weighted by molar-refractivity contribution is 6.63. The minimum absolute atomic E-state index is 0.194. The van der Waals surface area contributed by atoms with Gasteiger partial charge < -0.3 is 14.9 Å². The summed E-state index contributed by atoms with van der Waals surface area (Å²) >= 11 is 23.9. The molecule has 168 valence electrons. The van der Waals surface area contributed by atoms with E-state index < -0.39 is 10.5 Å². The number of ether oxygens (including phenoxy) is 1. The van der Waals surface area contributed by atoms with Gasteiger partial charge in [-0.25, -0.2) is 4.79 Å². The molecule has 0 spiro atoms. The molecule has 0 bridgehead atoms. The molecule has 29 heavy (non-hydrogen) atoms. The SMILES string of the molecule is CCOCC.Cc1ccccc1.ClC(Cl)Cl.ClCCl.O=C(O)O.c1ccccc1. The van der Waals surface area contributed by atoms with Gasteiger partial charge in [-0.1, -0.05) is 107 Å². The normalized spacial score (nSPS) is 7.90. The number of hydrogen-bond donors (Lipinski definition) is 2. The molecule has 0 fully saturated rings. The van der Waals surface area contributed by atoms with Crippen LogP contribution in [0.2, 0.25) is 0 Å². The van der Waals surface area contributed by atoms with Crippen molar-refractivity contribution in [1.82, 2.24) is 0 Å². The van der Waals surface area contributed by atoms with Crippen LogP contribution in [-0.2, 0) is 4.74 Å². The number of carboxylic acid groups (broad SMARTS) is 2. The van der Waals surface area contributed by atoms with Gasteiger partial charge in [0.05, 0.1) is 5.34 Å². The molecule has 0 aliphatic heterocycles. The van der Waals surface area contributed by atoms with Crippen molar-refractivity contribution in [3.63, 3.8) is 0 Å². The molecule has 2 N–H and O–H groups in total. The second-order valence-corrected chi connectivity index (χ2v) is 7.01. The Labute approximate surface area is 199 Å². The molecule has 0 radical (unpaired) electrons. The Bertz CT molecular complexity index is 467. The Morgan fingerprint density at radius 2 is 1.03 bits per heavy atom. The average molecular weight is 511 g/mol. The third-order valence-electron chi connectivity index (χ3n) is 2.02. The molecule has 2 aromatic rings. The van der Waals surface area contributed by atoms with Crippen LogP contribution >= 0.6 is 58.0 Å². The highest BCUT2D eigenvalue weighted by Gasteiger charge is 1.79. The zero-order valence-electron chi connectivity index (χ0n) is 16.7. The number of benzene rings is 2. The molecule has 0 aromatic heterocycles. The summed E-state index contributed by atoms with van der Waals surface area (Å²) in [6.07, 6.45) is -1.83. The molecule has 9 heteroatoms. The average Bonchev–Trinajstić information content (AvgIpc) is 2.65. The Morgan fingerprint density at radius 3 is 1.14 bits per heavy atom. The highest BCUT2D eigenvalue weighted by Crippen LogP contribution is 2.03. The summed E-state index contributed by atoms with van der Waals surface area (Å²) in [5.74, 6) is 0. The number of aryl methyl sites for hydroxylation is 1. The number of alkyl halides is 5. The van der Waals surface area contributed by atoms with Crippen LogP contribution in [0.25, 0.3) is 0 Å². The summed E-state index contributed by atoms with van der Waals surface area (Å²) in [6, 6.07) is 22.3. The monoisotopic (exact) mass is 508 g/mol. The van der Waals surface area contributed by atoms with Crippen molar-refractivity contribution in [1.29, 1.82) is 0 Å². The van der Waals surface area contributed by atoms with Gasteiger partial charge in [-0.2, -0.15) is 0 Å². The Hall–Kier alpha value is -0.880. The molecule has 2 rings (SSSR count). The highest BCUT2D eigenvalue weighted by atomic mass is 35.6. The maximum atomic E-state index is 8.56. The van der Waals surface area contributed by atoms with E-state index in [1.165, 1.54) is 5.56 Å². The summed E-state index contributed by atoms with van der Waals surface area (Å²) in [5.41, 5.74) is 1.32. The first-order valence-corrected chi connectivity index (χ1v) is 10.6. The molecule has 0 aliphatic carbocycles. The summed E-state index contributed by atoms with van der Waals surface area (Å²) in [5, 5.41) is 14.1. The Kier molecular flexibility index (Phi) is 42.4. The van der Waals surface area contributed by atoms with Crippen LogP contribution in [0, 0.1) is 6.92 Å². The van der Waals surface area contributed by atoms with Gasteiger partial charge in [0, 0.05) is 13.2 Å². The van der Waals surface area contributed by atoms with E-state index in [4.69, 9.17) is 77.7 Å². The predicted octanol–water partition coefficient (Wildman–Crippen LogP) is 8.35. The van der Waals surface area contributed by atoms with Gasteiger partial charge in [0.25, 0.3) is 0 Å². The van der Waals surface area contributed by atoms with Crippen LogP contribution in [0.5, 0.6) is 0 Å². The van der Waals surface area contributed by atoms with Crippen molar-refractivity contribution in [2.75, 3.05) is 18.6 Å². The lowest BCUT2D eigenvalue weighted by Gasteiger charge is -1.86. The van der Waals surface area contributed by atoms with Gasteiger partial charge in [0.2, 0.25) is 0 Å². The predicted molar refractivity (Wildman–Crippen MR) is 128 cm³/mol. The first-order chi connectivity index (χ1) is 13.7. The van der Waals surface area contributed by atoms with E-state index in [1.807, 2.05) is 68.4 Å². The standard InChI is InChI=1S/C7H8.C6H6.C4H10O.CHCl3.CH2Cl2.CH2O3/c1-7-5-3-2-4-6-7;1-2-4-6-5-3-1;1-3-5-4-2;2-1(3)4;2-1-3;2-1(3)4/h2-6H,1H3;1-6H;3-4H2,1-2H3;1H;1H2;(H2,2,3,4). The maximum absolute atomic E-state index is 8.56. The second-order valence-electron chi connectivity index (χ2n) is 4.22. The molecule has 0 unspecified atom stereocenters. The van der Waals surface area contributed by atoms with Crippen molar-refractivity contribution in [2.45, 2.75) is 25.1 Å². The second kappa shape index (κ2) is 34.6. The third kappa shape index (κ3) is 74.9. The van der Waals surface area contributed by atoms with Gasteiger partial charge in [0.15, 0.2) is 4.30 Å². The third-order valence-corrected chi connectivity index (χ3v) is 2.02. The molecule has 2 aromatic carbocycles. The van der Waals surface area contributed by atoms with E-state index in [9.17, 15) is 0 Å². The first-order valence-electron chi connectivity index (χ1n) is 8.24. The van der Waals surface area contributed by atoms with Crippen LogP contribution in [0.15, 0.2) is 66.7 Å². The summed E-state index contributed by atoms with van der Waals surface area (Å²) in [7, 11) is 0. The van der Waals surface area contributed by atoms with E-state index in [-0.39, 0.29) is 5.34 Å². The zero-order valence-corrected chi connectivity index (χ0v) is 20.4. The number of hydrogen-bond acceptors (Lipinski definition) is 2. The van der Waals surface area contributed by atoms with Gasteiger partial charge in [-0.3, -0.25) is 0 Å². The van der Waals surface area contributed by atoms with Gasteiger partial charge in [0.1, 0.15) is 0 Å². The summed E-state index contributed by atoms with van der Waals surface area (Å²) in [6.45, 7) is 7.75. The number of halogens is 5. The topological polar surface area (TPSA) is 66.8 Å². The molecule has 0 atom stereocenters. The quantitative estimate of drug-likeness (QED) is 0.398. The molecule has 4 nitrogen and oxygen atoms in total. The van der Waals surface area contributed by atoms with E-state index in [0.717, 1.165) is 13.2 Å². The van der Waals surface area contributed by atoms with E-state index >= 15 is 0 Å². The molecule has 0 aliphatic rings. The minimum Gasteiger partial charge on any atom is -0.450 e. The Balaban J connectivity index is -0.000000133. The van der Waals surface area contributed by atoms with Crippen LogP contribution in [-0.4, -0.2) is 39.2 Å². The van der Waals surface area contributed by atoms with Crippen LogP contribution in [0.4, 0.5) is 4.79 Å². The maximum Gasteiger partial charge on any atom is 0.503 e. The fourth-order valence-corrected chi connectivity index (χ4v) is 1.12. The molecule has 0 heterocycles. The molecular weight excluding hydrogens is 481 g/mol. The number of carbonyl (C=O) groups is 1. The van der Waals surface area contributed by atoms with Crippen molar-refractivity contribution >= 4 is 64.2 Å². The fraction of sp³-hybridized carbons (Fsp3) is 0.350. The zero-order chi connectivity index (χ0) is 23.3. The minimum atomic E-state index is -1.83. The molecule has 0 amide bonds. The smallest absolute Gasteiger partial charge is 0.450 e. The van der Waals surface area contributed by atoms with Gasteiger partial charge in [-0.15, -0.1) is 23.2 Å². The fourth-order valence-electron chi connectivity index (χ4n) is 1.12. The summed E-state index contributed by atoms with van der Waals surface area (Å²) < 4.78 is 4.08. The van der Waals surface area contributed by atoms with Gasteiger partial charge in [-0.05, 0) is 20.8 Å². The molecule has 0 saturated heterocycles. The Morgan fingerprint density at radius 1 is 0.828 bits per heavy atom. The molecule has 0 saturated carbocycles. The lowest BCUT2D eigenvalue weighted by Crippen LogP contribution is -1.84. The van der Waals surface area contributed by atoms with Crippen LogP contribution in [0.3, 0.4) is 0 Å². The van der Waals surface area contributed by atoms with E-state index in [0.29, 0.717) is 0 Å². The largest absolute Gasteiger partial charge is 0.503 e. The lowest BCUT2D eigenvalue weighted by molar-refractivity contribution is 0.137. The summed E-state index contributed by atoms with van der Waals surface area (Å²) in [4.78, 5) is 8.56. The van der Waals surface area contributed by atoms with E-state index in [1.54, 1.807) is 0 Å². The van der Waals surface area contributed by atoms with Gasteiger partial charge >= 0.3 is 6.16 Å². The lowest BCUT2D eigenvalue weighted by atomic mass is 10.2.